The van der Waals surface area contributed by atoms with E-state index in [9.17, 15) is 9.18 Å². The largest absolute Gasteiger partial charge is 0.309 e. The number of benzene rings is 1. The van der Waals surface area contributed by atoms with Crippen LogP contribution in [0.2, 0.25) is 0 Å². The summed E-state index contributed by atoms with van der Waals surface area (Å²) in [6.07, 6.45) is 3.18. The zero-order valence-corrected chi connectivity index (χ0v) is 15.6. The Kier molecular flexibility index (Phi) is 4.65. The van der Waals surface area contributed by atoms with Crippen LogP contribution in [-0.4, -0.2) is 9.97 Å². The maximum Gasteiger partial charge on any atom is 0.259 e. The summed E-state index contributed by atoms with van der Waals surface area (Å²) in [5.41, 5.74) is 2.14. The number of thiophene rings is 1. The van der Waals surface area contributed by atoms with Gasteiger partial charge in [-0.25, -0.2) is 9.37 Å². The minimum atomic E-state index is -0.218. The number of nitrogens with zero attached hydrogens (tertiary/aromatic N) is 1. The molecule has 0 bridgehead atoms. The van der Waals surface area contributed by atoms with Gasteiger partial charge in [0.25, 0.3) is 5.56 Å². The molecule has 1 N–H and O–H groups in total. The van der Waals surface area contributed by atoms with Crippen LogP contribution in [0.3, 0.4) is 0 Å². The molecule has 1 aromatic carbocycles. The molecule has 0 amide bonds. The van der Waals surface area contributed by atoms with Gasteiger partial charge >= 0.3 is 0 Å². The molecule has 2 heterocycles. The highest BCUT2D eigenvalue weighted by Crippen LogP contribution is 2.35. The van der Waals surface area contributed by atoms with Crippen molar-refractivity contribution >= 4 is 33.3 Å². The number of aromatic nitrogens is 2. The summed E-state index contributed by atoms with van der Waals surface area (Å²) in [5.74, 6) is 2.47. The van der Waals surface area contributed by atoms with Crippen molar-refractivity contribution in [3.63, 3.8) is 0 Å². The molecule has 4 rings (SSSR count). The second-order valence-electron chi connectivity index (χ2n) is 6.67. The highest BCUT2D eigenvalue weighted by molar-refractivity contribution is 7.97. The monoisotopic (exact) mass is 374 g/mol. The Balaban J connectivity index is 1.54. The molecule has 0 spiro atoms. The van der Waals surface area contributed by atoms with E-state index in [2.05, 4.69) is 16.9 Å². The molecule has 0 aliphatic heterocycles. The highest BCUT2D eigenvalue weighted by Gasteiger charge is 2.22. The van der Waals surface area contributed by atoms with Gasteiger partial charge < -0.3 is 4.98 Å². The molecular formula is C19H19FN2OS2. The molecule has 2 aromatic heterocycles. The van der Waals surface area contributed by atoms with Gasteiger partial charge in [-0.3, -0.25) is 4.79 Å². The van der Waals surface area contributed by atoms with Gasteiger partial charge in [0.1, 0.15) is 16.5 Å². The lowest BCUT2D eigenvalue weighted by Gasteiger charge is -2.17. The smallest absolute Gasteiger partial charge is 0.259 e. The molecule has 3 aromatic rings. The Morgan fingerprint density at radius 2 is 2.28 bits per heavy atom. The Morgan fingerprint density at radius 1 is 1.40 bits per heavy atom. The normalized spacial score (nSPS) is 17.0. The second-order valence-corrected chi connectivity index (χ2v) is 8.74. The third kappa shape index (κ3) is 3.51. The van der Waals surface area contributed by atoms with Gasteiger partial charge in [-0.1, -0.05) is 19.1 Å². The summed E-state index contributed by atoms with van der Waals surface area (Å²) >= 11 is 3.30. The second kappa shape index (κ2) is 6.92. The summed E-state index contributed by atoms with van der Waals surface area (Å²) in [7, 11) is 0. The molecule has 0 saturated heterocycles. The number of aryl methyl sites for hydroxylation is 1. The SMILES string of the molecule is C[C@@H]1CCc2c(sc3nc(CSCc4cccc(F)c4)[nH]c(=O)c23)C1. The lowest BCUT2D eigenvalue weighted by molar-refractivity contribution is 0.509. The van der Waals surface area contributed by atoms with E-state index in [1.165, 1.54) is 16.5 Å². The van der Waals surface area contributed by atoms with E-state index in [4.69, 9.17) is 0 Å². The number of hydrogen-bond donors (Lipinski definition) is 1. The van der Waals surface area contributed by atoms with E-state index in [0.717, 1.165) is 35.0 Å². The number of aromatic amines is 1. The van der Waals surface area contributed by atoms with Gasteiger partial charge in [-0.2, -0.15) is 0 Å². The number of halogens is 1. The van der Waals surface area contributed by atoms with Gasteiger partial charge in [0.2, 0.25) is 0 Å². The maximum atomic E-state index is 13.2. The summed E-state index contributed by atoms with van der Waals surface area (Å²) in [5, 5.41) is 0.797. The molecule has 0 unspecified atom stereocenters. The van der Waals surface area contributed by atoms with Crippen LogP contribution in [0.15, 0.2) is 29.1 Å². The minimum absolute atomic E-state index is 0.0154. The lowest BCUT2D eigenvalue weighted by atomic mass is 9.89. The first-order valence-electron chi connectivity index (χ1n) is 8.46. The van der Waals surface area contributed by atoms with Crippen molar-refractivity contribution in [2.75, 3.05) is 0 Å². The predicted molar refractivity (Wildman–Crippen MR) is 103 cm³/mol. The van der Waals surface area contributed by atoms with E-state index < -0.39 is 0 Å². The highest BCUT2D eigenvalue weighted by atomic mass is 32.2. The van der Waals surface area contributed by atoms with Gasteiger partial charge in [0, 0.05) is 10.6 Å². The molecule has 1 atom stereocenters. The topological polar surface area (TPSA) is 45.8 Å². The van der Waals surface area contributed by atoms with Gasteiger partial charge in [0.15, 0.2) is 0 Å². The summed E-state index contributed by atoms with van der Waals surface area (Å²) in [4.78, 5) is 22.4. The van der Waals surface area contributed by atoms with E-state index in [1.54, 1.807) is 35.2 Å². The Hall–Kier alpha value is -1.66. The van der Waals surface area contributed by atoms with Gasteiger partial charge in [-0.15, -0.1) is 23.1 Å². The average molecular weight is 375 g/mol. The molecule has 0 fully saturated rings. The maximum absolute atomic E-state index is 13.2. The molecule has 6 heteroatoms. The van der Waals surface area contributed by atoms with Crippen LogP contribution in [0.5, 0.6) is 0 Å². The molecule has 0 saturated carbocycles. The molecule has 25 heavy (non-hydrogen) atoms. The van der Waals surface area contributed by atoms with Crippen LogP contribution in [0, 0.1) is 11.7 Å². The van der Waals surface area contributed by atoms with Crippen LogP contribution >= 0.6 is 23.1 Å². The van der Waals surface area contributed by atoms with E-state index in [1.807, 2.05) is 6.07 Å². The van der Waals surface area contributed by atoms with E-state index in [-0.39, 0.29) is 11.4 Å². The van der Waals surface area contributed by atoms with Crippen LogP contribution in [0.1, 0.15) is 35.2 Å². The zero-order valence-electron chi connectivity index (χ0n) is 14.0. The van der Waals surface area contributed by atoms with Crippen LogP contribution in [-0.2, 0) is 24.3 Å². The minimum Gasteiger partial charge on any atom is -0.309 e. The van der Waals surface area contributed by atoms with Crippen molar-refractivity contribution in [3.8, 4) is 0 Å². The van der Waals surface area contributed by atoms with Crippen molar-refractivity contribution in [3.05, 3.63) is 62.3 Å². The fraction of sp³-hybridized carbons (Fsp3) is 0.368. The average Bonchev–Trinajstić information content (AvgIpc) is 2.92. The van der Waals surface area contributed by atoms with Crippen molar-refractivity contribution in [2.45, 2.75) is 37.7 Å². The first kappa shape index (κ1) is 16.8. The summed E-state index contributed by atoms with van der Waals surface area (Å²) < 4.78 is 13.2. The first-order valence-corrected chi connectivity index (χ1v) is 10.4. The third-order valence-corrected chi connectivity index (χ3v) is 6.77. The van der Waals surface area contributed by atoms with Crippen molar-refractivity contribution in [2.24, 2.45) is 5.92 Å². The Labute approximate surface area is 153 Å². The molecule has 1 aliphatic carbocycles. The Morgan fingerprint density at radius 3 is 3.12 bits per heavy atom. The van der Waals surface area contributed by atoms with Crippen LogP contribution < -0.4 is 5.56 Å². The summed E-state index contributed by atoms with van der Waals surface area (Å²) in [6, 6.07) is 6.61. The standard InChI is InChI=1S/C19H19FN2OS2/c1-11-5-6-14-15(7-11)25-19-17(14)18(23)21-16(22-19)10-24-9-12-3-2-4-13(20)8-12/h2-4,8,11H,5-7,9-10H2,1H3,(H,21,22,23)/t11-/m1/s1. The van der Waals surface area contributed by atoms with Crippen molar-refractivity contribution < 1.29 is 4.39 Å². The third-order valence-electron chi connectivity index (χ3n) is 4.61. The molecule has 130 valence electrons. The Bertz CT molecular complexity index is 979. The number of H-pyrrole nitrogens is 1. The fourth-order valence-corrected chi connectivity index (χ4v) is 5.60. The molecular weight excluding hydrogens is 355 g/mol. The zero-order chi connectivity index (χ0) is 17.4. The van der Waals surface area contributed by atoms with E-state index >= 15 is 0 Å². The lowest BCUT2D eigenvalue weighted by Crippen LogP contribution is -2.14. The number of rotatable bonds is 4. The van der Waals surface area contributed by atoms with Crippen molar-refractivity contribution in [1.82, 2.24) is 9.97 Å². The van der Waals surface area contributed by atoms with Crippen LogP contribution in [0.4, 0.5) is 4.39 Å². The number of nitrogens with one attached hydrogen (secondary N) is 1. The summed E-state index contributed by atoms with van der Waals surface area (Å²) in [6.45, 7) is 2.26. The fourth-order valence-electron chi connectivity index (χ4n) is 3.35. The molecule has 0 radical (unpaired) electrons. The molecule has 1 aliphatic rings. The van der Waals surface area contributed by atoms with Gasteiger partial charge in [0.05, 0.1) is 11.1 Å². The quantitative estimate of drug-likeness (QED) is 0.721. The first-order chi connectivity index (χ1) is 12.1. The predicted octanol–water partition coefficient (Wildman–Crippen LogP) is 4.68. The molecule has 3 nitrogen and oxygen atoms in total. The van der Waals surface area contributed by atoms with Gasteiger partial charge in [-0.05, 0) is 48.4 Å². The number of fused-ring (bicyclic) bond motifs is 3. The van der Waals surface area contributed by atoms with Crippen LogP contribution in [0.25, 0.3) is 10.2 Å². The number of thioether (sulfide) groups is 1. The van der Waals surface area contributed by atoms with Crippen molar-refractivity contribution in [1.29, 1.82) is 0 Å². The van der Waals surface area contributed by atoms with E-state index in [0.29, 0.717) is 23.2 Å². The number of hydrogen-bond acceptors (Lipinski definition) is 4.